The van der Waals surface area contributed by atoms with E-state index in [9.17, 15) is 0 Å². The van der Waals surface area contributed by atoms with Gasteiger partial charge in [0.25, 0.3) is 0 Å². The quantitative estimate of drug-likeness (QED) is 0.534. The van der Waals surface area contributed by atoms with Gasteiger partial charge in [-0.3, -0.25) is 0 Å². The summed E-state index contributed by atoms with van der Waals surface area (Å²) >= 11 is 15.1. The van der Waals surface area contributed by atoms with Gasteiger partial charge in [0.05, 0.1) is 10.0 Å². The Morgan fingerprint density at radius 2 is 1.96 bits per heavy atom. The van der Waals surface area contributed by atoms with E-state index in [-0.39, 0.29) is 0 Å². The highest BCUT2D eigenvalue weighted by Gasteiger charge is 2.07. The van der Waals surface area contributed by atoms with Crippen LogP contribution in [-0.2, 0) is 5.75 Å². The van der Waals surface area contributed by atoms with Crippen LogP contribution >= 0.6 is 46.3 Å². The number of halogens is 2. The van der Waals surface area contributed by atoms with Crippen LogP contribution in [0.4, 0.5) is 10.8 Å². The summed E-state index contributed by atoms with van der Waals surface area (Å²) in [5, 5.41) is 13.6. The molecule has 0 saturated heterocycles. The van der Waals surface area contributed by atoms with E-state index in [1.807, 2.05) is 30.3 Å². The van der Waals surface area contributed by atoms with Crippen LogP contribution in [0.3, 0.4) is 0 Å². The second-order valence-electron chi connectivity index (χ2n) is 4.90. The van der Waals surface area contributed by atoms with Gasteiger partial charge in [-0.1, -0.05) is 64.5 Å². The largest absolute Gasteiger partial charge is 0.330 e. The molecular weight excluding hydrogens is 369 g/mol. The van der Waals surface area contributed by atoms with E-state index >= 15 is 0 Å². The third-order valence-electron chi connectivity index (χ3n) is 3.02. The molecule has 1 heterocycles. The molecule has 1 aromatic heterocycles. The molecule has 3 aromatic rings. The van der Waals surface area contributed by atoms with Crippen molar-refractivity contribution in [3.8, 4) is 0 Å². The van der Waals surface area contributed by atoms with Crippen LogP contribution in [-0.4, -0.2) is 10.2 Å². The van der Waals surface area contributed by atoms with Crippen LogP contribution in [0.1, 0.15) is 11.1 Å². The Balaban J connectivity index is 1.62. The lowest BCUT2D eigenvalue weighted by Gasteiger charge is -2.02. The molecule has 0 aliphatic carbocycles. The predicted molar refractivity (Wildman–Crippen MR) is 100 cm³/mol. The second-order valence-corrected chi connectivity index (χ2v) is 7.92. The average molecular weight is 382 g/mol. The lowest BCUT2D eigenvalue weighted by Crippen LogP contribution is -1.89. The molecular formula is C16H13Cl2N3S2. The van der Waals surface area contributed by atoms with E-state index in [2.05, 4.69) is 34.6 Å². The third-order valence-corrected chi connectivity index (χ3v) is 5.80. The van der Waals surface area contributed by atoms with Gasteiger partial charge >= 0.3 is 0 Å². The van der Waals surface area contributed by atoms with Crippen LogP contribution in [0.2, 0.25) is 10.0 Å². The zero-order valence-electron chi connectivity index (χ0n) is 12.2. The molecule has 0 saturated carbocycles. The molecule has 0 aliphatic heterocycles. The summed E-state index contributed by atoms with van der Waals surface area (Å²) in [6, 6.07) is 13.8. The molecule has 3 nitrogen and oxygen atoms in total. The van der Waals surface area contributed by atoms with Crippen molar-refractivity contribution < 1.29 is 0 Å². The van der Waals surface area contributed by atoms with Gasteiger partial charge in [-0.25, -0.2) is 0 Å². The molecule has 0 amide bonds. The van der Waals surface area contributed by atoms with Gasteiger partial charge in [-0.2, -0.15) is 0 Å². The minimum atomic E-state index is 0.570. The van der Waals surface area contributed by atoms with Gasteiger partial charge in [0.2, 0.25) is 5.13 Å². The highest BCUT2D eigenvalue weighted by molar-refractivity contribution is 8.00. The number of hydrogen-bond acceptors (Lipinski definition) is 5. The number of aromatic nitrogens is 2. The topological polar surface area (TPSA) is 37.8 Å². The van der Waals surface area contributed by atoms with Gasteiger partial charge in [-0.15, -0.1) is 10.2 Å². The summed E-state index contributed by atoms with van der Waals surface area (Å²) in [5.41, 5.74) is 3.32. The zero-order chi connectivity index (χ0) is 16.2. The van der Waals surface area contributed by atoms with Crippen molar-refractivity contribution >= 4 is 57.1 Å². The summed E-state index contributed by atoms with van der Waals surface area (Å²) in [4.78, 5) is 0. The second kappa shape index (κ2) is 7.53. The van der Waals surface area contributed by atoms with Gasteiger partial charge in [0.15, 0.2) is 4.34 Å². The monoisotopic (exact) mass is 381 g/mol. The maximum atomic E-state index is 6.03. The summed E-state index contributed by atoms with van der Waals surface area (Å²) in [6.07, 6.45) is 0. The number of nitrogens with zero attached hydrogens (tertiary/aromatic N) is 2. The van der Waals surface area contributed by atoms with Crippen molar-refractivity contribution in [3.05, 3.63) is 63.6 Å². The highest BCUT2D eigenvalue weighted by Crippen LogP contribution is 2.31. The SMILES string of the molecule is Cc1cccc(Nc2nnc(SCc3ccc(Cl)c(Cl)c3)s2)c1. The fraction of sp³-hybridized carbons (Fsp3) is 0.125. The molecule has 0 radical (unpaired) electrons. The van der Waals surface area contributed by atoms with Gasteiger partial charge in [0, 0.05) is 11.4 Å². The summed E-state index contributed by atoms with van der Waals surface area (Å²) in [5.74, 6) is 0.774. The summed E-state index contributed by atoms with van der Waals surface area (Å²) in [7, 11) is 0. The lowest BCUT2D eigenvalue weighted by atomic mass is 10.2. The first-order valence-electron chi connectivity index (χ1n) is 6.84. The molecule has 0 bridgehead atoms. The van der Waals surface area contributed by atoms with Crippen LogP contribution in [0.5, 0.6) is 0 Å². The van der Waals surface area contributed by atoms with E-state index in [0.29, 0.717) is 10.0 Å². The Morgan fingerprint density at radius 1 is 1.09 bits per heavy atom. The number of benzene rings is 2. The number of thioether (sulfide) groups is 1. The number of aryl methyl sites for hydroxylation is 1. The first-order valence-corrected chi connectivity index (χ1v) is 9.40. The smallest absolute Gasteiger partial charge is 0.210 e. The standard InChI is InChI=1S/C16H13Cl2N3S2/c1-10-3-2-4-12(7-10)19-15-20-21-16(23-15)22-9-11-5-6-13(17)14(18)8-11/h2-8H,9H2,1H3,(H,19,20). The van der Waals surface area contributed by atoms with E-state index in [1.54, 1.807) is 11.8 Å². The fourth-order valence-corrected chi connectivity index (χ4v) is 3.98. The first-order chi connectivity index (χ1) is 11.1. The van der Waals surface area contributed by atoms with Crippen LogP contribution in [0, 0.1) is 6.92 Å². The molecule has 7 heteroatoms. The van der Waals surface area contributed by atoms with E-state index < -0.39 is 0 Å². The van der Waals surface area contributed by atoms with Crippen molar-refractivity contribution in [1.82, 2.24) is 10.2 Å². The molecule has 0 fully saturated rings. The first kappa shape index (κ1) is 16.6. The number of rotatable bonds is 5. The summed E-state index contributed by atoms with van der Waals surface area (Å²) in [6.45, 7) is 2.06. The van der Waals surface area contributed by atoms with E-state index in [4.69, 9.17) is 23.2 Å². The molecule has 23 heavy (non-hydrogen) atoms. The molecule has 1 N–H and O–H groups in total. The lowest BCUT2D eigenvalue weighted by molar-refractivity contribution is 1.01. The average Bonchev–Trinajstić information content (AvgIpc) is 2.96. The minimum absolute atomic E-state index is 0.570. The Bertz CT molecular complexity index is 821. The Morgan fingerprint density at radius 3 is 2.74 bits per heavy atom. The number of hydrogen-bond donors (Lipinski definition) is 1. The van der Waals surface area contributed by atoms with Crippen LogP contribution in [0.15, 0.2) is 46.8 Å². The number of nitrogens with one attached hydrogen (secondary N) is 1. The van der Waals surface area contributed by atoms with Gasteiger partial charge in [-0.05, 0) is 42.3 Å². The van der Waals surface area contributed by atoms with E-state index in [0.717, 1.165) is 26.5 Å². The van der Waals surface area contributed by atoms with Crippen molar-refractivity contribution in [2.24, 2.45) is 0 Å². The highest BCUT2D eigenvalue weighted by atomic mass is 35.5. The maximum absolute atomic E-state index is 6.03. The van der Waals surface area contributed by atoms with Crippen LogP contribution in [0.25, 0.3) is 0 Å². The Kier molecular flexibility index (Phi) is 5.43. The minimum Gasteiger partial charge on any atom is -0.330 e. The van der Waals surface area contributed by atoms with Crippen molar-refractivity contribution in [2.75, 3.05) is 5.32 Å². The van der Waals surface area contributed by atoms with Gasteiger partial charge in [0.1, 0.15) is 0 Å². The van der Waals surface area contributed by atoms with Crippen LogP contribution < -0.4 is 5.32 Å². The molecule has 3 rings (SSSR count). The zero-order valence-corrected chi connectivity index (χ0v) is 15.4. The molecule has 0 spiro atoms. The number of anilines is 2. The third kappa shape index (κ3) is 4.61. The van der Waals surface area contributed by atoms with Gasteiger partial charge < -0.3 is 5.32 Å². The normalized spacial score (nSPS) is 10.7. The van der Waals surface area contributed by atoms with Crippen molar-refractivity contribution in [2.45, 2.75) is 17.0 Å². The van der Waals surface area contributed by atoms with E-state index in [1.165, 1.54) is 16.9 Å². The molecule has 118 valence electrons. The Hall–Kier alpha value is -1.27. The van der Waals surface area contributed by atoms with Crippen molar-refractivity contribution in [3.63, 3.8) is 0 Å². The molecule has 0 atom stereocenters. The summed E-state index contributed by atoms with van der Waals surface area (Å²) < 4.78 is 0.909. The van der Waals surface area contributed by atoms with Crippen molar-refractivity contribution in [1.29, 1.82) is 0 Å². The molecule has 0 aliphatic rings. The maximum Gasteiger partial charge on any atom is 0.210 e. The molecule has 0 unspecified atom stereocenters. The Labute approximate surface area is 153 Å². The molecule has 2 aromatic carbocycles. The predicted octanol–water partition coefficient (Wildman–Crippen LogP) is 6.19. The fourth-order valence-electron chi connectivity index (χ4n) is 1.94.